The van der Waals surface area contributed by atoms with Crippen molar-refractivity contribution in [2.75, 3.05) is 0 Å². The second kappa shape index (κ2) is 7.51. The molecule has 0 unspecified atom stereocenters. The first-order chi connectivity index (χ1) is 12.0. The number of aromatic amines is 1. The Morgan fingerprint density at radius 2 is 2.00 bits per heavy atom. The first kappa shape index (κ1) is 17.2. The maximum Gasteiger partial charge on any atom is 0.264 e. The van der Waals surface area contributed by atoms with E-state index in [-0.39, 0.29) is 5.56 Å². The number of ether oxygens (including phenoxy) is 1. The number of benzene rings is 2. The number of halogens is 2. The standard InChI is InChI=1S/C18H11BrClN3O2/c19-14-4-1-11(7-13-3-6-18(24)23-22-13)8-16(14)25-17-9-12(10-21)2-5-15(17)20/h1-6,8-9H,7H2,(H,23,24). The van der Waals surface area contributed by atoms with E-state index in [0.717, 1.165) is 15.7 Å². The molecule has 0 aliphatic rings. The molecule has 0 radical (unpaired) electrons. The number of hydrogen-bond acceptors (Lipinski definition) is 4. The third kappa shape index (κ3) is 4.27. The average Bonchev–Trinajstić information content (AvgIpc) is 2.61. The van der Waals surface area contributed by atoms with E-state index in [4.69, 9.17) is 21.6 Å². The van der Waals surface area contributed by atoms with Crippen molar-refractivity contribution < 1.29 is 4.74 Å². The molecule has 0 bridgehead atoms. The van der Waals surface area contributed by atoms with Gasteiger partial charge in [0, 0.05) is 18.6 Å². The van der Waals surface area contributed by atoms with Crippen molar-refractivity contribution in [2.45, 2.75) is 6.42 Å². The fourth-order valence-electron chi connectivity index (χ4n) is 2.19. The second-order valence-electron chi connectivity index (χ2n) is 5.21. The van der Waals surface area contributed by atoms with Gasteiger partial charge in [-0.05, 0) is 51.8 Å². The van der Waals surface area contributed by atoms with Gasteiger partial charge in [-0.25, -0.2) is 5.10 Å². The monoisotopic (exact) mass is 415 g/mol. The molecule has 0 fully saturated rings. The van der Waals surface area contributed by atoms with Gasteiger partial charge in [-0.2, -0.15) is 10.4 Å². The summed E-state index contributed by atoms with van der Waals surface area (Å²) in [6.45, 7) is 0. The first-order valence-electron chi connectivity index (χ1n) is 7.26. The SMILES string of the molecule is N#Cc1ccc(Cl)c(Oc2cc(Cc3ccc(=O)[nH]n3)ccc2Br)c1. The van der Waals surface area contributed by atoms with Crippen molar-refractivity contribution in [3.8, 4) is 17.6 Å². The van der Waals surface area contributed by atoms with Crippen LogP contribution in [-0.2, 0) is 6.42 Å². The average molecular weight is 417 g/mol. The van der Waals surface area contributed by atoms with Crippen LogP contribution in [0.25, 0.3) is 0 Å². The van der Waals surface area contributed by atoms with Crippen molar-refractivity contribution in [2.24, 2.45) is 0 Å². The van der Waals surface area contributed by atoms with Gasteiger partial charge in [0.2, 0.25) is 0 Å². The second-order valence-corrected chi connectivity index (χ2v) is 6.47. The molecule has 0 aliphatic heterocycles. The Labute approximate surface area is 157 Å². The Bertz CT molecular complexity index is 1010. The molecule has 5 nitrogen and oxygen atoms in total. The molecule has 25 heavy (non-hydrogen) atoms. The number of aromatic nitrogens is 2. The highest BCUT2D eigenvalue weighted by Gasteiger charge is 2.09. The largest absolute Gasteiger partial charge is 0.455 e. The van der Waals surface area contributed by atoms with Crippen molar-refractivity contribution >= 4 is 27.5 Å². The van der Waals surface area contributed by atoms with Gasteiger partial charge in [0.1, 0.15) is 11.5 Å². The molecule has 7 heteroatoms. The molecular weight excluding hydrogens is 406 g/mol. The van der Waals surface area contributed by atoms with Crippen molar-refractivity contribution in [3.05, 3.63) is 85.2 Å². The van der Waals surface area contributed by atoms with Gasteiger partial charge in [0.25, 0.3) is 5.56 Å². The van der Waals surface area contributed by atoms with Crippen molar-refractivity contribution in [3.63, 3.8) is 0 Å². The Hall–Kier alpha value is -2.62. The molecule has 1 aromatic heterocycles. The number of H-pyrrole nitrogens is 1. The lowest BCUT2D eigenvalue weighted by molar-refractivity contribution is 0.479. The molecule has 1 heterocycles. The maximum atomic E-state index is 11.1. The molecule has 3 aromatic rings. The van der Waals surface area contributed by atoms with E-state index in [9.17, 15) is 4.79 Å². The highest BCUT2D eigenvalue weighted by molar-refractivity contribution is 9.10. The molecule has 0 aliphatic carbocycles. The molecule has 0 saturated heterocycles. The highest BCUT2D eigenvalue weighted by atomic mass is 79.9. The summed E-state index contributed by atoms with van der Waals surface area (Å²) in [5, 5.41) is 15.8. The molecular formula is C18H11BrClN3O2. The lowest BCUT2D eigenvalue weighted by atomic mass is 10.1. The Morgan fingerprint density at radius 3 is 2.72 bits per heavy atom. The minimum Gasteiger partial charge on any atom is -0.455 e. The maximum absolute atomic E-state index is 11.1. The summed E-state index contributed by atoms with van der Waals surface area (Å²) in [4.78, 5) is 11.1. The summed E-state index contributed by atoms with van der Waals surface area (Å²) in [7, 11) is 0. The molecule has 2 aromatic carbocycles. The van der Waals surface area contributed by atoms with E-state index >= 15 is 0 Å². The van der Waals surface area contributed by atoms with E-state index in [0.29, 0.717) is 28.5 Å². The smallest absolute Gasteiger partial charge is 0.264 e. The Morgan fingerprint density at radius 1 is 1.16 bits per heavy atom. The van der Waals surface area contributed by atoms with Crippen molar-refractivity contribution in [1.29, 1.82) is 5.26 Å². The van der Waals surface area contributed by atoms with Gasteiger partial charge in [-0.3, -0.25) is 4.79 Å². The van der Waals surface area contributed by atoms with Crippen molar-refractivity contribution in [1.82, 2.24) is 10.2 Å². The quantitative estimate of drug-likeness (QED) is 0.682. The summed E-state index contributed by atoms with van der Waals surface area (Å²) >= 11 is 9.59. The minimum absolute atomic E-state index is 0.240. The van der Waals surface area contributed by atoms with Crippen LogP contribution in [0, 0.1) is 11.3 Å². The van der Waals surface area contributed by atoms with Gasteiger partial charge in [0.15, 0.2) is 0 Å². The lowest BCUT2D eigenvalue weighted by Gasteiger charge is -2.11. The number of hydrogen-bond donors (Lipinski definition) is 1. The van der Waals surface area contributed by atoms with Crippen LogP contribution in [0.3, 0.4) is 0 Å². The van der Waals surface area contributed by atoms with E-state index < -0.39 is 0 Å². The topological polar surface area (TPSA) is 78.8 Å². The molecule has 0 amide bonds. The van der Waals surface area contributed by atoms with Gasteiger partial charge < -0.3 is 4.74 Å². The fourth-order valence-corrected chi connectivity index (χ4v) is 2.67. The number of rotatable bonds is 4. The van der Waals surface area contributed by atoms with Crippen LogP contribution in [0.2, 0.25) is 5.02 Å². The van der Waals surface area contributed by atoms with Crippen LogP contribution in [-0.4, -0.2) is 10.2 Å². The molecule has 124 valence electrons. The van der Waals surface area contributed by atoms with E-state index in [1.165, 1.54) is 6.07 Å². The third-order valence-electron chi connectivity index (χ3n) is 3.40. The zero-order valence-electron chi connectivity index (χ0n) is 12.8. The molecule has 0 atom stereocenters. The Balaban J connectivity index is 1.88. The minimum atomic E-state index is -0.240. The molecule has 0 saturated carbocycles. The van der Waals surface area contributed by atoms with Crippen LogP contribution in [0.5, 0.6) is 11.5 Å². The van der Waals surface area contributed by atoms with Crippen LogP contribution in [0.4, 0.5) is 0 Å². The van der Waals surface area contributed by atoms with Crippen LogP contribution in [0.15, 0.2) is 57.8 Å². The van der Waals surface area contributed by atoms with Crippen LogP contribution >= 0.6 is 27.5 Å². The summed E-state index contributed by atoms with van der Waals surface area (Å²) < 4.78 is 6.63. The highest BCUT2D eigenvalue weighted by Crippen LogP contribution is 2.35. The third-order valence-corrected chi connectivity index (χ3v) is 4.37. The van der Waals surface area contributed by atoms with Gasteiger partial charge in [-0.15, -0.1) is 0 Å². The summed E-state index contributed by atoms with van der Waals surface area (Å²) in [6.07, 6.45) is 0.534. The summed E-state index contributed by atoms with van der Waals surface area (Å²) in [5.74, 6) is 0.972. The zero-order chi connectivity index (χ0) is 17.8. The fraction of sp³-hybridized carbons (Fsp3) is 0.0556. The number of nitrogens with one attached hydrogen (secondary N) is 1. The zero-order valence-corrected chi connectivity index (χ0v) is 15.1. The van der Waals surface area contributed by atoms with Gasteiger partial charge >= 0.3 is 0 Å². The molecule has 1 N–H and O–H groups in total. The molecule has 0 spiro atoms. The van der Waals surface area contributed by atoms with E-state index in [1.807, 2.05) is 18.2 Å². The predicted octanol–water partition coefficient (Wildman–Crippen LogP) is 4.44. The predicted molar refractivity (Wildman–Crippen MR) is 98.0 cm³/mol. The van der Waals surface area contributed by atoms with Gasteiger partial charge in [0.05, 0.1) is 26.8 Å². The van der Waals surface area contributed by atoms with E-state index in [2.05, 4.69) is 32.2 Å². The summed E-state index contributed by atoms with van der Waals surface area (Å²) in [5.41, 5.74) is 1.91. The first-order valence-corrected chi connectivity index (χ1v) is 8.43. The Kier molecular flexibility index (Phi) is 5.17. The van der Waals surface area contributed by atoms with E-state index in [1.54, 1.807) is 24.3 Å². The normalized spacial score (nSPS) is 10.3. The number of nitriles is 1. The lowest BCUT2D eigenvalue weighted by Crippen LogP contribution is -2.07. The van der Waals surface area contributed by atoms with Crippen LogP contribution in [0.1, 0.15) is 16.8 Å². The summed E-state index contributed by atoms with van der Waals surface area (Å²) in [6, 6.07) is 15.6. The number of nitrogens with zero attached hydrogens (tertiary/aromatic N) is 2. The van der Waals surface area contributed by atoms with Crippen LogP contribution < -0.4 is 10.3 Å². The molecule has 3 rings (SSSR count). The van der Waals surface area contributed by atoms with Gasteiger partial charge in [-0.1, -0.05) is 17.7 Å².